The summed E-state index contributed by atoms with van der Waals surface area (Å²) in [6.07, 6.45) is 4.33. The Kier molecular flexibility index (Phi) is 2.51. The first-order valence-corrected chi connectivity index (χ1v) is 7.37. The number of benzene rings is 1. The zero-order valence-electron chi connectivity index (χ0n) is 11.6. The zero-order chi connectivity index (χ0) is 13.9. The molecule has 3 aliphatic rings. The van der Waals surface area contributed by atoms with Gasteiger partial charge >= 0.3 is 0 Å². The van der Waals surface area contributed by atoms with Crippen molar-refractivity contribution in [1.29, 1.82) is 0 Å². The molecular weight excluding hydrogens is 252 g/mol. The van der Waals surface area contributed by atoms with Crippen LogP contribution < -0.4 is 0 Å². The molecule has 3 atom stereocenters. The van der Waals surface area contributed by atoms with E-state index in [1.165, 1.54) is 11.3 Å². The van der Waals surface area contributed by atoms with Gasteiger partial charge in [0.05, 0.1) is 17.2 Å². The van der Waals surface area contributed by atoms with Gasteiger partial charge in [-0.25, -0.2) is 0 Å². The molecule has 1 aromatic carbocycles. The highest BCUT2D eigenvalue weighted by Gasteiger charge is 2.48. The maximum absolute atomic E-state index is 12.6. The molecule has 2 amide bonds. The van der Waals surface area contributed by atoms with E-state index in [9.17, 15) is 9.59 Å². The molecule has 0 aromatic heterocycles. The summed E-state index contributed by atoms with van der Waals surface area (Å²) < 4.78 is 0. The van der Waals surface area contributed by atoms with Gasteiger partial charge in [-0.2, -0.15) is 0 Å². The Bertz CT molecular complexity index is 563. The van der Waals surface area contributed by atoms with Gasteiger partial charge in [0, 0.05) is 12.1 Å². The van der Waals surface area contributed by atoms with Crippen molar-refractivity contribution in [3.05, 3.63) is 35.4 Å². The third-order valence-corrected chi connectivity index (χ3v) is 5.29. The summed E-state index contributed by atoms with van der Waals surface area (Å²) >= 11 is 0. The first-order chi connectivity index (χ1) is 9.68. The SMILES string of the molecule is CN1C2CCC(N3C(=O)c4ccccc4C3=O)C1CC2. The molecule has 4 heteroatoms. The summed E-state index contributed by atoms with van der Waals surface area (Å²) in [5.74, 6) is -0.205. The third-order valence-electron chi connectivity index (χ3n) is 5.29. The third kappa shape index (κ3) is 1.45. The van der Waals surface area contributed by atoms with Crippen LogP contribution in [0.2, 0.25) is 0 Å². The van der Waals surface area contributed by atoms with E-state index in [0.717, 1.165) is 19.3 Å². The Morgan fingerprint density at radius 3 is 2.05 bits per heavy atom. The van der Waals surface area contributed by atoms with Crippen LogP contribution in [-0.4, -0.2) is 46.8 Å². The smallest absolute Gasteiger partial charge is 0.261 e. The van der Waals surface area contributed by atoms with E-state index >= 15 is 0 Å². The maximum atomic E-state index is 12.6. The van der Waals surface area contributed by atoms with E-state index in [-0.39, 0.29) is 17.9 Å². The summed E-state index contributed by atoms with van der Waals surface area (Å²) in [7, 11) is 2.13. The number of hydrogen-bond acceptors (Lipinski definition) is 3. The van der Waals surface area contributed by atoms with Crippen molar-refractivity contribution >= 4 is 11.8 Å². The Morgan fingerprint density at radius 2 is 1.45 bits per heavy atom. The van der Waals surface area contributed by atoms with E-state index in [1.54, 1.807) is 12.1 Å². The number of amides is 2. The molecule has 0 radical (unpaired) electrons. The molecule has 3 heterocycles. The van der Waals surface area contributed by atoms with E-state index in [2.05, 4.69) is 11.9 Å². The highest BCUT2D eigenvalue weighted by atomic mass is 16.2. The molecule has 0 spiro atoms. The maximum Gasteiger partial charge on any atom is 0.261 e. The summed E-state index contributed by atoms with van der Waals surface area (Å²) in [5, 5.41) is 0. The quantitative estimate of drug-likeness (QED) is 0.732. The van der Waals surface area contributed by atoms with E-state index in [1.807, 2.05) is 12.1 Å². The van der Waals surface area contributed by atoms with E-state index in [4.69, 9.17) is 0 Å². The molecule has 1 aromatic rings. The minimum atomic E-state index is -0.102. The van der Waals surface area contributed by atoms with Crippen LogP contribution in [0.4, 0.5) is 0 Å². The minimum absolute atomic E-state index is 0.0474. The molecule has 2 fully saturated rings. The first kappa shape index (κ1) is 12.1. The van der Waals surface area contributed by atoms with Crippen LogP contribution in [-0.2, 0) is 0 Å². The monoisotopic (exact) mass is 270 g/mol. The van der Waals surface area contributed by atoms with Crippen LogP contribution in [0.15, 0.2) is 24.3 Å². The number of nitrogens with zero attached hydrogens (tertiary/aromatic N) is 2. The van der Waals surface area contributed by atoms with Crippen molar-refractivity contribution in [2.24, 2.45) is 0 Å². The highest BCUT2D eigenvalue weighted by Crippen LogP contribution is 2.39. The molecule has 4 nitrogen and oxygen atoms in total. The largest absolute Gasteiger partial charge is 0.298 e. The zero-order valence-corrected chi connectivity index (χ0v) is 11.6. The number of hydrogen-bond donors (Lipinski definition) is 0. The lowest BCUT2D eigenvalue weighted by molar-refractivity contribution is 0.0375. The summed E-state index contributed by atoms with van der Waals surface area (Å²) in [6.45, 7) is 0. The highest BCUT2D eigenvalue weighted by molar-refractivity contribution is 6.21. The molecule has 4 rings (SSSR count). The molecule has 0 N–H and O–H groups in total. The second-order valence-electron chi connectivity index (χ2n) is 6.13. The van der Waals surface area contributed by atoms with Crippen LogP contribution in [0.5, 0.6) is 0 Å². The van der Waals surface area contributed by atoms with Crippen molar-refractivity contribution in [3.63, 3.8) is 0 Å². The van der Waals surface area contributed by atoms with Crippen LogP contribution in [0.25, 0.3) is 0 Å². The molecule has 20 heavy (non-hydrogen) atoms. The Labute approximate surface area is 118 Å². The van der Waals surface area contributed by atoms with Gasteiger partial charge in [-0.05, 0) is 44.9 Å². The molecule has 0 aliphatic carbocycles. The van der Waals surface area contributed by atoms with Crippen molar-refractivity contribution in [1.82, 2.24) is 9.80 Å². The predicted octanol–water partition coefficient (Wildman–Crippen LogP) is 1.91. The Balaban J connectivity index is 1.71. The van der Waals surface area contributed by atoms with Gasteiger partial charge in [0.1, 0.15) is 0 Å². The lowest BCUT2D eigenvalue weighted by Crippen LogP contribution is -2.54. The predicted molar refractivity (Wildman–Crippen MR) is 74.5 cm³/mol. The number of fused-ring (bicyclic) bond motifs is 3. The average Bonchev–Trinajstić information content (AvgIpc) is 2.83. The van der Waals surface area contributed by atoms with Crippen molar-refractivity contribution in [3.8, 4) is 0 Å². The number of imide groups is 1. The van der Waals surface area contributed by atoms with Crippen LogP contribution >= 0.6 is 0 Å². The van der Waals surface area contributed by atoms with Crippen LogP contribution in [0, 0.1) is 0 Å². The molecule has 104 valence electrons. The van der Waals surface area contributed by atoms with Crippen molar-refractivity contribution in [2.45, 2.75) is 43.8 Å². The van der Waals surface area contributed by atoms with E-state index < -0.39 is 0 Å². The fourth-order valence-corrected chi connectivity index (χ4v) is 4.22. The van der Waals surface area contributed by atoms with E-state index in [0.29, 0.717) is 23.2 Å². The van der Waals surface area contributed by atoms with Gasteiger partial charge in [-0.1, -0.05) is 12.1 Å². The Morgan fingerprint density at radius 1 is 0.900 bits per heavy atom. The standard InChI is InChI=1S/C16H18N2O2/c1-17-10-6-8-13(17)14(9-7-10)18-15(19)11-4-2-3-5-12(11)16(18)20/h2-5,10,13-14H,6-9H2,1H3. The fraction of sp³-hybridized carbons (Fsp3) is 0.500. The lowest BCUT2D eigenvalue weighted by atomic mass is 9.96. The van der Waals surface area contributed by atoms with Crippen LogP contribution in [0.3, 0.4) is 0 Å². The molecular formula is C16H18N2O2. The number of likely N-dealkylation sites (N-methyl/N-ethyl adjacent to an activating group) is 1. The summed E-state index contributed by atoms with van der Waals surface area (Å²) in [4.78, 5) is 29.1. The normalized spacial score (nSPS) is 32.9. The summed E-state index contributed by atoms with van der Waals surface area (Å²) in [6, 6.07) is 8.21. The number of rotatable bonds is 1. The average molecular weight is 270 g/mol. The Hall–Kier alpha value is -1.68. The fourth-order valence-electron chi connectivity index (χ4n) is 4.22. The number of carbonyl (C=O) groups is 2. The number of piperidine rings is 1. The van der Waals surface area contributed by atoms with Gasteiger partial charge in [0.2, 0.25) is 0 Å². The second kappa shape index (κ2) is 4.16. The molecule has 0 saturated carbocycles. The van der Waals surface area contributed by atoms with Gasteiger partial charge in [-0.15, -0.1) is 0 Å². The van der Waals surface area contributed by atoms with Gasteiger partial charge in [0.25, 0.3) is 11.8 Å². The molecule has 3 unspecified atom stereocenters. The molecule has 2 bridgehead atoms. The number of carbonyl (C=O) groups excluding carboxylic acids is 2. The van der Waals surface area contributed by atoms with Gasteiger partial charge in [-0.3, -0.25) is 19.4 Å². The lowest BCUT2D eigenvalue weighted by Gasteiger charge is -2.41. The van der Waals surface area contributed by atoms with Crippen molar-refractivity contribution < 1.29 is 9.59 Å². The molecule has 3 aliphatic heterocycles. The first-order valence-electron chi connectivity index (χ1n) is 7.37. The van der Waals surface area contributed by atoms with Gasteiger partial charge in [0.15, 0.2) is 0 Å². The van der Waals surface area contributed by atoms with Crippen molar-refractivity contribution in [2.75, 3.05) is 7.05 Å². The van der Waals surface area contributed by atoms with Gasteiger partial charge < -0.3 is 0 Å². The summed E-state index contributed by atoms with van der Waals surface area (Å²) in [5.41, 5.74) is 1.14. The second-order valence-corrected chi connectivity index (χ2v) is 6.13. The minimum Gasteiger partial charge on any atom is -0.298 e. The van der Waals surface area contributed by atoms with Crippen LogP contribution in [0.1, 0.15) is 46.4 Å². The molecule has 2 saturated heterocycles. The topological polar surface area (TPSA) is 40.6 Å².